The second kappa shape index (κ2) is 3.95. The normalized spacial score (nSPS) is 9.73. The summed E-state index contributed by atoms with van der Waals surface area (Å²) in [7, 11) is 2.63. The monoisotopic (exact) mass is 211 g/mol. The maximum atomic E-state index is 11.5. The Morgan fingerprint density at radius 2 is 1.87 bits per heavy atom. The van der Waals surface area contributed by atoms with Gasteiger partial charge in [-0.25, -0.2) is 9.59 Å². The van der Waals surface area contributed by atoms with Crippen LogP contribution in [0, 0.1) is 0 Å². The van der Waals surface area contributed by atoms with Crippen molar-refractivity contribution in [3.8, 4) is 0 Å². The molecule has 6 nitrogen and oxygen atoms in total. The van der Waals surface area contributed by atoms with Gasteiger partial charge in [-0.2, -0.15) is 0 Å². The first-order valence-corrected chi connectivity index (χ1v) is 3.99. The number of aromatic carboxylic acids is 1. The Morgan fingerprint density at radius 3 is 2.33 bits per heavy atom. The van der Waals surface area contributed by atoms with E-state index in [1.807, 2.05) is 0 Å². The summed E-state index contributed by atoms with van der Waals surface area (Å²) in [5, 5.41) is 8.70. The van der Waals surface area contributed by atoms with Gasteiger partial charge in [0.05, 0.1) is 7.11 Å². The number of pyridine rings is 1. The first kappa shape index (κ1) is 11.0. The fourth-order valence-electron chi connectivity index (χ4n) is 1.11. The number of ether oxygens (including phenoxy) is 1. The zero-order chi connectivity index (χ0) is 11.6. The topological polar surface area (TPSA) is 85.6 Å². The van der Waals surface area contributed by atoms with Crippen LogP contribution in [-0.2, 0) is 11.8 Å². The minimum atomic E-state index is -1.37. The second-order valence-corrected chi connectivity index (χ2v) is 2.88. The Hall–Kier alpha value is -2.11. The molecular formula is C9H9NO5. The standard InChI is InChI=1S/C9H9NO5/c1-10-3-5(8(12)13)7(11)6(4-10)9(14)15-2/h3-4H,1-2H3,(H,12,13). The summed E-state index contributed by atoms with van der Waals surface area (Å²) in [5.41, 5.74) is -1.59. The molecule has 6 heteroatoms. The molecule has 15 heavy (non-hydrogen) atoms. The number of carboxylic acid groups (broad SMARTS) is 1. The van der Waals surface area contributed by atoms with Crippen molar-refractivity contribution >= 4 is 11.9 Å². The van der Waals surface area contributed by atoms with Crippen molar-refractivity contribution in [3.05, 3.63) is 33.7 Å². The number of esters is 1. The van der Waals surface area contributed by atoms with Gasteiger partial charge < -0.3 is 14.4 Å². The average molecular weight is 211 g/mol. The molecule has 0 unspecified atom stereocenters. The largest absolute Gasteiger partial charge is 0.477 e. The summed E-state index contributed by atoms with van der Waals surface area (Å²) in [6, 6.07) is 0. The van der Waals surface area contributed by atoms with Crippen LogP contribution >= 0.6 is 0 Å². The van der Waals surface area contributed by atoms with Gasteiger partial charge in [0.2, 0.25) is 5.43 Å². The van der Waals surface area contributed by atoms with Gasteiger partial charge >= 0.3 is 11.9 Å². The van der Waals surface area contributed by atoms with Crippen molar-refractivity contribution in [1.82, 2.24) is 4.57 Å². The lowest BCUT2D eigenvalue weighted by atomic mass is 10.2. The molecule has 0 atom stereocenters. The average Bonchev–Trinajstić information content (AvgIpc) is 2.19. The van der Waals surface area contributed by atoms with Crippen molar-refractivity contribution in [2.24, 2.45) is 7.05 Å². The van der Waals surface area contributed by atoms with Crippen LogP contribution in [0.25, 0.3) is 0 Å². The van der Waals surface area contributed by atoms with Gasteiger partial charge in [0.1, 0.15) is 11.1 Å². The zero-order valence-electron chi connectivity index (χ0n) is 8.18. The third kappa shape index (κ3) is 2.04. The lowest BCUT2D eigenvalue weighted by Crippen LogP contribution is -2.24. The fraction of sp³-hybridized carbons (Fsp3) is 0.222. The van der Waals surface area contributed by atoms with Crippen LogP contribution in [0.4, 0.5) is 0 Å². The molecular weight excluding hydrogens is 202 g/mol. The van der Waals surface area contributed by atoms with Crippen LogP contribution in [0.3, 0.4) is 0 Å². The van der Waals surface area contributed by atoms with E-state index in [0.29, 0.717) is 0 Å². The van der Waals surface area contributed by atoms with Gasteiger partial charge in [0.15, 0.2) is 0 Å². The van der Waals surface area contributed by atoms with Gasteiger partial charge in [-0.15, -0.1) is 0 Å². The number of aryl methyl sites for hydroxylation is 1. The fourth-order valence-corrected chi connectivity index (χ4v) is 1.11. The van der Waals surface area contributed by atoms with Crippen molar-refractivity contribution in [3.63, 3.8) is 0 Å². The van der Waals surface area contributed by atoms with E-state index < -0.39 is 22.9 Å². The van der Waals surface area contributed by atoms with Gasteiger partial charge in [-0.3, -0.25) is 4.79 Å². The van der Waals surface area contributed by atoms with Crippen LogP contribution in [0.2, 0.25) is 0 Å². The third-order valence-corrected chi connectivity index (χ3v) is 1.79. The number of methoxy groups -OCH3 is 1. The van der Waals surface area contributed by atoms with Gasteiger partial charge in [0.25, 0.3) is 0 Å². The molecule has 0 spiro atoms. The van der Waals surface area contributed by atoms with Crippen molar-refractivity contribution in [2.75, 3.05) is 7.11 Å². The Morgan fingerprint density at radius 1 is 1.33 bits per heavy atom. The Labute approximate surface area is 84.7 Å². The summed E-state index contributed by atoms with van der Waals surface area (Å²) in [6.07, 6.45) is 2.36. The molecule has 0 aromatic carbocycles. The van der Waals surface area contributed by atoms with Crippen molar-refractivity contribution < 1.29 is 19.4 Å². The van der Waals surface area contributed by atoms with Gasteiger partial charge in [-0.1, -0.05) is 0 Å². The molecule has 0 radical (unpaired) electrons. The van der Waals surface area contributed by atoms with E-state index in [-0.39, 0.29) is 5.56 Å². The predicted octanol–water partition coefficient (Wildman–Crippen LogP) is -0.130. The van der Waals surface area contributed by atoms with E-state index in [0.717, 1.165) is 13.3 Å². The van der Waals surface area contributed by atoms with Crippen molar-refractivity contribution in [1.29, 1.82) is 0 Å². The molecule has 0 aliphatic heterocycles. The number of nitrogens with zero attached hydrogens (tertiary/aromatic N) is 1. The number of hydrogen-bond donors (Lipinski definition) is 1. The van der Waals surface area contributed by atoms with E-state index in [2.05, 4.69) is 4.74 Å². The van der Waals surface area contributed by atoms with Crippen LogP contribution in [0.15, 0.2) is 17.2 Å². The maximum Gasteiger partial charge on any atom is 0.343 e. The molecule has 0 aliphatic rings. The van der Waals surface area contributed by atoms with E-state index in [1.165, 1.54) is 17.8 Å². The number of hydrogen-bond acceptors (Lipinski definition) is 4. The molecule has 0 bridgehead atoms. The highest BCUT2D eigenvalue weighted by Gasteiger charge is 2.18. The molecule has 0 saturated carbocycles. The zero-order valence-corrected chi connectivity index (χ0v) is 8.18. The lowest BCUT2D eigenvalue weighted by molar-refractivity contribution is 0.0598. The highest BCUT2D eigenvalue weighted by molar-refractivity contribution is 5.93. The molecule has 1 rings (SSSR count). The molecule has 1 aromatic rings. The van der Waals surface area contributed by atoms with E-state index in [4.69, 9.17) is 5.11 Å². The number of carbonyl (C=O) groups is 2. The van der Waals surface area contributed by atoms with Crippen LogP contribution in [0.5, 0.6) is 0 Å². The molecule has 0 saturated heterocycles. The van der Waals surface area contributed by atoms with Crippen LogP contribution < -0.4 is 5.43 Å². The first-order valence-electron chi connectivity index (χ1n) is 3.99. The highest BCUT2D eigenvalue weighted by Crippen LogP contribution is 1.98. The quantitative estimate of drug-likeness (QED) is 0.688. The Bertz CT molecular complexity index is 474. The summed E-state index contributed by atoms with van der Waals surface area (Å²) in [4.78, 5) is 33.3. The Balaban J connectivity index is 3.48. The van der Waals surface area contributed by atoms with Crippen LogP contribution in [0.1, 0.15) is 20.7 Å². The summed E-state index contributed by atoms with van der Waals surface area (Å²) < 4.78 is 5.68. The number of rotatable bonds is 2. The Kier molecular flexibility index (Phi) is 2.89. The molecule has 0 amide bonds. The molecule has 0 fully saturated rings. The number of carboxylic acids is 1. The van der Waals surface area contributed by atoms with Crippen molar-refractivity contribution in [2.45, 2.75) is 0 Å². The van der Waals surface area contributed by atoms with E-state index in [9.17, 15) is 14.4 Å². The second-order valence-electron chi connectivity index (χ2n) is 2.88. The van der Waals surface area contributed by atoms with E-state index in [1.54, 1.807) is 0 Å². The minimum absolute atomic E-state index is 0.292. The molecule has 0 aliphatic carbocycles. The number of aromatic nitrogens is 1. The highest BCUT2D eigenvalue weighted by atomic mass is 16.5. The first-order chi connectivity index (χ1) is 6.97. The summed E-state index contributed by atoms with van der Waals surface area (Å²) in [6.45, 7) is 0. The smallest absolute Gasteiger partial charge is 0.343 e. The molecule has 1 N–H and O–H groups in total. The SMILES string of the molecule is COC(=O)c1cn(C)cc(C(=O)O)c1=O. The molecule has 80 valence electrons. The maximum absolute atomic E-state index is 11.5. The lowest BCUT2D eigenvalue weighted by Gasteiger charge is -2.03. The van der Waals surface area contributed by atoms with Crippen LogP contribution in [-0.4, -0.2) is 28.7 Å². The van der Waals surface area contributed by atoms with Gasteiger partial charge in [-0.05, 0) is 0 Å². The van der Waals surface area contributed by atoms with Gasteiger partial charge in [0, 0.05) is 19.4 Å². The summed E-state index contributed by atoms with van der Waals surface area (Å²) in [5.74, 6) is -2.22. The number of carbonyl (C=O) groups excluding carboxylic acids is 1. The van der Waals surface area contributed by atoms with E-state index >= 15 is 0 Å². The predicted molar refractivity (Wildman–Crippen MR) is 50.0 cm³/mol. The molecule has 1 aromatic heterocycles. The minimum Gasteiger partial charge on any atom is -0.477 e. The molecule has 1 heterocycles. The third-order valence-electron chi connectivity index (χ3n) is 1.79. The summed E-state index contributed by atoms with van der Waals surface area (Å²) >= 11 is 0.